The molecule has 1 saturated heterocycles. The average Bonchev–Trinajstić information content (AvgIpc) is 3.23. The molecule has 28 heavy (non-hydrogen) atoms. The van der Waals surface area contributed by atoms with Gasteiger partial charge in [0.05, 0.1) is 17.6 Å². The molecule has 146 valence electrons. The molecule has 0 spiro atoms. The van der Waals surface area contributed by atoms with Crippen LogP contribution in [0.4, 0.5) is 13.6 Å². The third-order valence-electron chi connectivity index (χ3n) is 5.02. The van der Waals surface area contributed by atoms with E-state index in [0.717, 1.165) is 9.47 Å². The topological polar surface area (TPSA) is 80.4 Å². The maximum Gasteiger partial charge on any atom is 0.325 e. The first-order chi connectivity index (χ1) is 13.2. The van der Waals surface area contributed by atoms with Crippen molar-refractivity contribution in [3.05, 3.63) is 53.2 Å². The van der Waals surface area contributed by atoms with Crippen LogP contribution in [0.25, 0.3) is 11.0 Å². The van der Waals surface area contributed by atoms with Gasteiger partial charge in [0.2, 0.25) is 0 Å². The smallest absolute Gasteiger partial charge is 0.325 e. The lowest BCUT2D eigenvalue weighted by Crippen LogP contribution is -2.41. The van der Waals surface area contributed by atoms with E-state index < -0.39 is 24.0 Å². The normalized spacial score (nSPS) is 19.9. The Hall–Kier alpha value is -3.23. The summed E-state index contributed by atoms with van der Waals surface area (Å²) in [7, 11) is 0. The van der Waals surface area contributed by atoms with Crippen LogP contribution in [-0.2, 0) is 16.9 Å². The molecule has 1 aromatic carbocycles. The Labute approximate surface area is 158 Å². The predicted molar refractivity (Wildman–Crippen MR) is 95.6 cm³/mol. The van der Waals surface area contributed by atoms with Crippen LogP contribution in [0.3, 0.4) is 0 Å². The minimum atomic E-state index is -2.85. The fourth-order valence-corrected chi connectivity index (χ4v) is 3.72. The molecule has 3 heterocycles. The third kappa shape index (κ3) is 2.57. The molecule has 3 aromatic rings. The molecule has 9 heteroatoms. The van der Waals surface area contributed by atoms with Crippen LogP contribution in [0.1, 0.15) is 36.4 Å². The number of hydrogen-bond acceptors (Lipinski definition) is 4. The second-order valence-corrected chi connectivity index (χ2v) is 6.94. The molecule has 1 N–H and O–H groups in total. The Morgan fingerprint density at radius 3 is 2.61 bits per heavy atom. The SMILES string of the molecule is Cc1cc(C2(C)NC(=O)N(Cc3nc4ccccc4n3C(F)F)C2=O)c(C)o1. The van der Waals surface area contributed by atoms with Gasteiger partial charge in [0.1, 0.15) is 22.9 Å². The Kier molecular flexibility index (Phi) is 3.99. The van der Waals surface area contributed by atoms with E-state index in [1.807, 2.05) is 0 Å². The number of rotatable bonds is 4. The zero-order chi connectivity index (χ0) is 20.2. The number of carbonyl (C=O) groups is 2. The van der Waals surface area contributed by atoms with Crippen LogP contribution < -0.4 is 5.32 Å². The highest BCUT2D eigenvalue weighted by molar-refractivity contribution is 6.07. The molecule has 2 aromatic heterocycles. The number of furan rings is 1. The van der Waals surface area contributed by atoms with Gasteiger partial charge in [-0.2, -0.15) is 8.78 Å². The van der Waals surface area contributed by atoms with Crippen LogP contribution in [0.2, 0.25) is 0 Å². The van der Waals surface area contributed by atoms with Gasteiger partial charge in [-0.3, -0.25) is 14.3 Å². The lowest BCUT2D eigenvalue weighted by molar-refractivity contribution is -0.131. The van der Waals surface area contributed by atoms with E-state index in [4.69, 9.17) is 4.42 Å². The number of imide groups is 1. The number of urea groups is 1. The largest absolute Gasteiger partial charge is 0.466 e. The summed E-state index contributed by atoms with van der Waals surface area (Å²) in [5.41, 5.74) is -0.189. The van der Waals surface area contributed by atoms with Crippen molar-refractivity contribution in [3.8, 4) is 0 Å². The summed E-state index contributed by atoms with van der Waals surface area (Å²) in [5, 5.41) is 2.66. The lowest BCUT2D eigenvalue weighted by atomic mass is 9.92. The molecule has 0 bridgehead atoms. The average molecular weight is 388 g/mol. The Bertz CT molecular complexity index is 1100. The minimum absolute atomic E-state index is 0.0657. The molecule has 1 aliphatic rings. The van der Waals surface area contributed by atoms with E-state index in [1.165, 1.54) is 6.07 Å². The molecule has 1 unspecified atom stereocenters. The molecule has 0 aliphatic carbocycles. The number of imidazole rings is 1. The number of benzene rings is 1. The molecular weight excluding hydrogens is 370 g/mol. The summed E-state index contributed by atoms with van der Waals surface area (Å²) in [5.74, 6) is 0.502. The Morgan fingerprint density at radius 2 is 1.96 bits per heavy atom. The number of nitrogens with zero attached hydrogens (tertiary/aromatic N) is 3. The summed E-state index contributed by atoms with van der Waals surface area (Å²) in [6, 6.07) is 7.45. The van der Waals surface area contributed by atoms with Gasteiger partial charge in [-0.05, 0) is 39.0 Å². The van der Waals surface area contributed by atoms with Gasteiger partial charge in [-0.1, -0.05) is 12.1 Å². The van der Waals surface area contributed by atoms with Gasteiger partial charge in [0.15, 0.2) is 0 Å². The number of para-hydroxylation sites is 2. The van der Waals surface area contributed by atoms with Crippen LogP contribution in [0, 0.1) is 13.8 Å². The zero-order valence-corrected chi connectivity index (χ0v) is 15.5. The van der Waals surface area contributed by atoms with Gasteiger partial charge < -0.3 is 9.73 Å². The van der Waals surface area contributed by atoms with Crippen molar-refractivity contribution < 1.29 is 22.8 Å². The van der Waals surface area contributed by atoms with Crippen molar-refractivity contribution >= 4 is 23.0 Å². The van der Waals surface area contributed by atoms with Crippen molar-refractivity contribution in [1.82, 2.24) is 19.8 Å². The molecule has 3 amide bonds. The number of aromatic nitrogens is 2. The Balaban J connectivity index is 1.73. The number of halogens is 2. The first-order valence-electron chi connectivity index (χ1n) is 8.68. The van der Waals surface area contributed by atoms with E-state index in [0.29, 0.717) is 22.6 Å². The molecule has 1 fully saturated rings. The summed E-state index contributed by atoms with van der Waals surface area (Å²) in [6.07, 6.45) is 0. The first kappa shape index (κ1) is 18.1. The minimum Gasteiger partial charge on any atom is -0.466 e. The van der Waals surface area contributed by atoms with E-state index in [9.17, 15) is 18.4 Å². The maximum absolute atomic E-state index is 13.6. The maximum atomic E-state index is 13.6. The van der Waals surface area contributed by atoms with E-state index in [1.54, 1.807) is 45.0 Å². The number of alkyl halides is 2. The van der Waals surface area contributed by atoms with Crippen LogP contribution >= 0.6 is 0 Å². The fraction of sp³-hybridized carbons (Fsp3) is 0.316. The molecule has 1 aliphatic heterocycles. The third-order valence-corrected chi connectivity index (χ3v) is 5.02. The highest BCUT2D eigenvalue weighted by atomic mass is 19.3. The summed E-state index contributed by atoms with van der Waals surface area (Å²) >= 11 is 0. The molecule has 0 radical (unpaired) electrons. The number of amides is 3. The number of nitrogens with one attached hydrogen (secondary N) is 1. The quantitative estimate of drug-likeness (QED) is 0.693. The number of aryl methyl sites for hydroxylation is 2. The zero-order valence-electron chi connectivity index (χ0n) is 15.5. The number of fused-ring (bicyclic) bond motifs is 1. The van der Waals surface area contributed by atoms with Crippen molar-refractivity contribution in [1.29, 1.82) is 0 Å². The van der Waals surface area contributed by atoms with E-state index >= 15 is 0 Å². The molecular formula is C19H18F2N4O3. The van der Waals surface area contributed by atoms with E-state index in [2.05, 4.69) is 10.3 Å². The number of hydrogen-bond donors (Lipinski definition) is 1. The van der Waals surface area contributed by atoms with Crippen molar-refractivity contribution in [2.24, 2.45) is 0 Å². The first-order valence-corrected chi connectivity index (χ1v) is 8.68. The van der Waals surface area contributed by atoms with Crippen molar-refractivity contribution in [2.45, 2.75) is 39.4 Å². The second-order valence-electron chi connectivity index (χ2n) is 6.94. The summed E-state index contributed by atoms with van der Waals surface area (Å²) in [4.78, 5) is 30.7. The predicted octanol–water partition coefficient (Wildman–Crippen LogP) is 3.61. The lowest BCUT2D eigenvalue weighted by Gasteiger charge is -2.21. The summed E-state index contributed by atoms with van der Waals surface area (Å²) in [6.45, 7) is 1.79. The van der Waals surface area contributed by atoms with Gasteiger partial charge >= 0.3 is 12.6 Å². The van der Waals surface area contributed by atoms with Crippen LogP contribution in [0.5, 0.6) is 0 Å². The second kappa shape index (κ2) is 6.15. The van der Waals surface area contributed by atoms with Crippen molar-refractivity contribution in [3.63, 3.8) is 0 Å². The number of carbonyl (C=O) groups excluding carboxylic acids is 2. The van der Waals surface area contributed by atoms with Crippen LogP contribution in [-0.4, -0.2) is 26.4 Å². The molecule has 0 saturated carbocycles. The van der Waals surface area contributed by atoms with Gasteiger partial charge in [0, 0.05) is 5.56 Å². The fourth-order valence-electron chi connectivity index (χ4n) is 3.72. The van der Waals surface area contributed by atoms with Crippen molar-refractivity contribution in [2.75, 3.05) is 0 Å². The summed E-state index contributed by atoms with van der Waals surface area (Å²) < 4.78 is 33.5. The molecule has 1 atom stereocenters. The monoisotopic (exact) mass is 388 g/mol. The highest BCUT2D eigenvalue weighted by Crippen LogP contribution is 2.34. The molecule has 4 rings (SSSR count). The Morgan fingerprint density at radius 1 is 1.25 bits per heavy atom. The van der Waals surface area contributed by atoms with Gasteiger partial charge in [-0.15, -0.1) is 0 Å². The van der Waals surface area contributed by atoms with Gasteiger partial charge in [0.25, 0.3) is 5.91 Å². The van der Waals surface area contributed by atoms with Gasteiger partial charge in [-0.25, -0.2) is 9.78 Å². The van der Waals surface area contributed by atoms with Crippen LogP contribution in [0.15, 0.2) is 34.7 Å². The van der Waals surface area contributed by atoms with E-state index in [-0.39, 0.29) is 17.9 Å². The highest BCUT2D eigenvalue weighted by Gasteiger charge is 2.51. The standard InChI is InChI=1S/C19H18F2N4O3/c1-10-8-12(11(2)28-10)19(3)16(26)24(18(27)23-19)9-15-22-13-6-4-5-7-14(13)25(15)17(20)21/h4-8,17H,9H2,1-3H3,(H,23,27). The molecule has 7 nitrogen and oxygen atoms in total.